The summed E-state index contributed by atoms with van der Waals surface area (Å²) in [6, 6.07) is 0. The Bertz CT molecular complexity index is 727. The van der Waals surface area contributed by atoms with Crippen LogP contribution in [0.25, 0.3) is 11.4 Å². The number of esters is 1. The number of ether oxygens (including phenoxy) is 1. The molecule has 0 spiro atoms. The molecule has 0 unspecified atom stereocenters. The first-order valence-electron chi connectivity index (χ1n) is 7.29. The number of nitrogens with zero attached hydrogens (tertiary/aromatic N) is 4. The van der Waals surface area contributed by atoms with Crippen molar-refractivity contribution in [3.05, 3.63) is 23.0 Å². The fraction of sp³-hybridized carbons (Fsp3) is 0.467. The van der Waals surface area contributed by atoms with Crippen LogP contribution < -0.4 is 0 Å². The van der Waals surface area contributed by atoms with Crippen LogP contribution in [0.4, 0.5) is 0 Å². The third-order valence-electron chi connectivity index (χ3n) is 3.74. The molecule has 0 N–H and O–H groups in total. The summed E-state index contributed by atoms with van der Waals surface area (Å²) in [7, 11) is 1.84. The van der Waals surface area contributed by atoms with E-state index in [0.717, 1.165) is 46.9 Å². The van der Waals surface area contributed by atoms with Gasteiger partial charge < -0.3 is 4.74 Å². The van der Waals surface area contributed by atoms with E-state index in [1.54, 1.807) is 11.6 Å². The van der Waals surface area contributed by atoms with Crippen molar-refractivity contribution in [1.29, 1.82) is 0 Å². The van der Waals surface area contributed by atoms with E-state index >= 15 is 0 Å². The molecule has 2 heterocycles. The van der Waals surface area contributed by atoms with E-state index in [0.29, 0.717) is 12.3 Å². The Morgan fingerprint density at radius 1 is 1.45 bits per heavy atom. The minimum atomic E-state index is -0.359. The minimum Gasteiger partial charge on any atom is -0.461 e. The number of hydrogen-bond acceptors (Lipinski definition) is 6. The van der Waals surface area contributed by atoms with E-state index in [-0.39, 0.29) is 5.97 Å². The summed E-state index contributed by atoms with van der Waals surface area (Å²) in [5.41, 5.74) is 4.25. The SMILES string of the molecule is CCOC(=O)c1nn(C)c2c1CCCc1cnc(SC)nc1-2. The van der Waals surface area contributed by atoms with Crippen molar-refractivity contribution in [3.63, 3.8) is 0 Å². The highest BCUT2D eigenvalue weighted by Crippen LogP contribution is 2.33. The molecule has 0 fully saturated rings. The third kappa shape index (κ3) is 2.49. The zero-order chi connectivity index (χ0) is 15.7. The van der Waals surface area contributed by atoms with Crippen molar-refractivity contribution in [2.45, 2.75) is 31.3 Å². The molecule has 0 saturated heterocycles. The second-order valence-corrected chi connectivity index (χ2v) is 5.88. The lowest BCUT2D eigenvalue weighted by molar-refractivity contribution is 0.0517. The standard InChI is InChI=1S/C15H18N4O2S/c1-4-21-14(20)12-10-7-5-6-9-8-16-15(22-3)17-11(9)13(10)19(2)18-12/h8H,4-7H2,1-3H3. The van der Waals surface area contributed by atoms with Crippen molar-refractivity contribution in [2.24, 2.45) is 7.05 Å². The second-order valence-electron chi connectivity index (χ2n) is 5.10. The maximum Gasteiger partial charge on any atom is 0.359 e. The van der Waals surface area contributed by atoms with Crippen molar-refractivity contribution < 1.29 is 9.53 Å². The molecule has 22 heavy (non-hydrogen) atoms. The monoisotopic (exact) mass is 318 g/mol. The molecular formula is C15H18N4O2S. The molecule has 0 amide bonds. The predicted molar refractivity (Wildman–Crippen MR) is 84.0 cm³/mol. The zero-order valence-electron chi connectivity index (χ0n) is 12.9. The van der Waals surface area contributed by atoms with Crippen molar-refractivity contribution in [1.82, 2.24) is 19.7 Å². The van der Waals surface area contributed by atoms with Crippen LogP contribution >= 0.6 is 11.8 Å². The summed E-state index contributed by atoms with van der Waals surface area (Å²) < 4.78 is 6.87. The Kier molecular flexibility index (Phi) is 4.15. The number of fused-ring (bicyclic) bond motifs is 3. The van der Waals surface area contributed by atoms with Gasteiger partial charge in [0.05, 0.1) is 18.0 Å². The van der Waals surface area contributed by atoms with Gasteiger partial charge in [-0.1, -0.05) is 11.8 Å². The molecule has 1 aliphatic rings. The van der Waals surface area contributed by atoms with E-state index in [1.807, 2.05) is 19.5 Å². The Morgan fingerprint density at radius 3 is 3.00 bits per heavy atom. The Hall–Kier alpha value is -1.89. The molecule has 7 heteroatoms. The molecule has 3 rings (SSSR count). The highest BCUT2D eigenvalue weighted by Gasteiger charge is 2.27. The van der Waals surface area contributed by atoms with Gasteiger partial charge in [-0.2, -0.15) is 5.10 Å². The Morgan fingerprint density at radius 2 is 2.27 bits per heavy atom. The molecule has 2 aromatic rings. The van der Waals surface area contributed by atoms with Gasteiger partial charge in [-0.15, -0.1) is 0 Å². The summed E-state index contributed by atoms with van der Waals surface area (Å²) in [5, 5.41) is 5.11. The van der Waals surface area contributed by atoms with Crippen LogP contribution in [0.2, 0.25) is 0 Å². The smallest absolute Gasteiger partial charge is 0.359 e. The number of aromatic nitrogens is 4. The topological polar surface area (TPSA) is 69.9 Å². The summed E-state index contributed by atoms with van der Waals surface area (Å²) in [6.07, 6.45) is 6.48. The van der Waals surface area contributed by atoms with Gasteiger partial charge in [0.1, 0.15) is 0 Å². The molecule has 0 aromatic carbocycles. The summed E-state index contributed by atoms with van der Waals surface area (Å²) in [6.45, 7) is 2.15. The van der Waals surface area contributed by atoms with Crippen LogP contribution in [0, 0.1) is 0 Å². The van der Waals surface area contributed by atoms with E-state index in [2.05, 4.69) is 15.1 Å². The van der Waals surface area contributed by atoms with Gasteiger partial charge >= 0.3 is 5.97 Å². The van der Waals surface area contributed by atoms with Crippen LogP contribution in [0.5, 0.6) is 0 Å². The quantitative estimate of drug-likeness (QED) is 0.491. The van der Waals surface area contributed by atoms with Crippen molar-refractivity contribution >= 4 is 17.7 Å². The highest BCUT2D eigenvalue weighted by molar-refractivity contribution is 7.98. The Balaban J connectivity index is 2.18. The first kappa shape index (κ1) is 15.0. The number of carbonyl (C=O) groups excluding carboxylic acids is 1. The van der Waals surface area contributed by atoms with Crippen LogP contribution in [0.1, 0.15) is 35.0 Å². The van der Waals surface area contributed by atoms with E-state index in [1.165, 1.54) is 11.8 Å². The van der Waals surface area contributed by atoms with Crippen molar-refractivity contribution in [3.8, 4) is 11.4 Å². The number of carbonyl (C=O) groups is 1. The highest BCUT2D eigenvalue weighted by atomic mass is 32.2. The lowest BCUT2D eigenvalue weighted by Crippen LogP contribution is -2.08. The molecule has 0 bridgehead atoms. The summed E-state index contributed by atoms with van der Waals surface area (Å²) in [5.74, 6) is -0.359. The fourth-order valence-corrected chi connectivity index (χ4v) is 3.14. The van der Waals surface area contributed by atoms with Gasteiger partial charge in [0.2, 0.25) is 0 Å². The van der Waals surface area contributed by atoms with E-state index in [4.69, 9.17) is 4.74 Å². The normalized spacial score (nSPS) is 13.2. The number of aryl methyl sites for hydroxylation is 2. The number of hydrogen-bond donors (Lipinski definition) is 0. The van der Waals surface area contributed by atoms with Crippen LogP contribution in [-0.4, -0.2) is 38.6 Å². The van der Waals surface area contributed by atoms with Gasteiger partial charge in [0.15, 0.2) is 10.9 Å². The lowest BCUT2D eigenvalue weighted by atomic mass is 10.1. The molecule has 0 saturated carbocycles. The van der Waals surface area contributed by atoms with Crippen LogP contribution in [-0.2, 0) is 24.6 Å². The van der Waals surface area contributed by atoms with Gasteiger partial charge in [-0.25, -0.2) is 14.8 Å². The average molecular weight is 318 g/mol. The molecule has 1 aliphatic carbocycles. The fourth-order valence-electron chi connectivity index (χ4n) is 2.80. The van der Waals surface area contributed by atoms with Crippen LogP contribution in [0.3, 0.4) is 0 Å². The molecule has 116 valence electrons. The maximum absolute atomic E-state index is 12.1. The largest absolute Gasteiger partial charge is 0.461 e. The predicted octanol–water partition coefficient (Wildman–Crippen LogP) is 2.26. The maximum atomic E-state index is 12.1. The summed E-state index contributed by atoms with van der Waals surface area (Å²) >= 11 is 1.51. The van der Waals surface area contributed by atoms with E-state index < -0.39 is 0 Å². The van der Waals surface area contributed by atoms with Crippen molar-refractivity contribution in [2.75, 3.05) is 12.9 Å². The molecule has 0 aliphatic heterocycles. The average Bonchev–Trinajstić information content (AvgIpc) is 2.73. The third-order valence-corrected chi connectivity index (χ3v) is 4.30. The summed E-state index contributed by atoms with van der Waals surface area (Å²) in [4.78, 5) is 21.2. The molecule has 2 aromatic heterocycles. The van der Waals surface area contributed by atoms with Gasteiger partial charge in [0.25, 0.3) is 0 Å². The second kappa shape index (κ2) is 6.08. The molecule has 0 radical (unpaired) electrons. The Labute approximate surface area is 133 Å². The van der Waals surface area contributed by atoms with E-state index in [9.17, 15) is 4.79 Å². The van der Waals surface area contributed by atoms with Gasteiger partial charge in [-0.05, 0) is 38.0 Å². The number of rotatable bonds is 3. The number of thioether (sulfide) groups is 1. The first-order chi connectivity index (χ1) is 10.7. The van der Waals surface area contributed by atoms with Crippen LogP contribution in [0.15, 0.2) is 11.4 Å². The lowest BCUT2D eigenvalue weighted by Gasteiger charge is -2.07. The van der Waals surface area contributed by atoms with Gasteiger partial charge in [-0.3, -0.25) is 4.68 Å². The minimum absolute atomic E-state index is 0.347. The molecule has 6 nitrogen and oxygen atoms in total. The first-order valence-corrected chi connectivity index (χ1v) is 8.51. The molecule has 0 atom stereocenters. The zero-order valence-corrected chi connectivity index (χ0v) is 13.7. The van der Waals surface area contributed by atoms with Gasteiger partial charge in [0, 0.05) is 18.8 Å². The molecular weight excluding hydrogens is 300 g/mol.